The molecule has 1 unspecified atom stereocenters. The van der Waals surface area contributed by atoms with Gasteiger partial charge in [-0.25, -0.2) is 0 Å². The first-order chi connectivity index (χ1) is 15.1. The van der Waals surface area contributed by atoms with E-state index in [2.05, 4.69) is 26.7 Å². The first-order valence-electron chi connectivity index (χ1n) is 12.3. The molecule has 0 amide bonds. The van der Waals surface area contributed by atoms with Crippen molar-refractivity contribution in [1.29, 1.82) is 0 Å². The zero-order valence-electron chi connectivity index (χ0n) is 19.7. The molecule has 0 saturated heterocycles. The first-order valence-corrected chi connectivity index (χ1v) is 12.3. The second-order valence-corrected chi connectivity index (χ2v) is 11.3. The zero-order valence-corrected chi connectivity index (χ0v) is 19.7. The van der Waals surface area contributed by atoms with Crippen LogP contribution in [0.15, 0.2) is 0 Å². The molecule has 4 aliphatic rings. The lowest BCUT2D eigenvalue weighted by molar-refractivity contribution is -0.166. The molecule has 5 heteroatoms. The number of esters is 1. The quantitative estimate of drug-likeness (QED) is 0.474. The van der Waals surface area contributed by atoms with Gasteiger partial charge in [0.2, 0.25) is 0 Å². The molecule has 4 fully saturated rings. The van der Waals surface area contributed by atoms with Crippen molar-refractivity contribution in [2.75, 3.05) is 6.61 Å². The molecule has 0 aromatic heterocycles. The van der Waals surface area contributed by atoms with Crippen LogP contribution in [-0.2, 0) is 23.9 Å². The molecule has 32 heavy (non-hydrogen) atoms. The minimum absolute atomic E-state index is 0.00848. The van der Waals surface area contributed by atoms with Crippen LogP contribution >= 0.6 is 0 Å². The van der Waals surface area contributed by atoms with E-state index in [1.165, 1.54) is 0 Å². The van der Waals surface area contributed by atoms with E-state index in [1.54, 1.807) is 0 Å². The van der Waals surface area contributed by atoms with Gasteiger partial charge >= 0.3 is 5.97 Å². The van der Waals surface area contributed by atoms with Gasteiger partial charge in [-0.05, 0) is 60.7 Å². The van der Waals surface area contributed by atoms with E-state index in [9.17, 15) is 19.2 Å². The summed E-state index contributed by atoms with van der Waals surface area (Å²) in [4.78, 5) is 51.2. The summed E-state index contributed by atoms with van der Waals surface area (Å²) in [5, 5.41) is 0. The Bertz CT molecular complexity index is 868. The fraction of sp³-hybridized carbons (Fsp3) is 0.778. The molecule has 0 aromatic carbocycles. The lowest BCUT2D eigenvalue weighted by atomic mass is 9.44. The molecule has 174 valence electrons. The first kappa shape index (κ1) is 23.2. The minimum atomic E-state index is -0.507. The molecule has 4 rings (SSSR count). The highest BCUT2D eigenvalue weighted by Gasteiger charge is 2.66. The smallest absolute Gasteiger partial charge is 0.306 e. The zero-order chi connectivity index (χ0) is 23.3. The molecule has 0 radical (unpaired) electrons. The number of hydrogen-bond acceptors (Lipinski definition) is 5. The molecule has 0 N–H and O–H groups in total. The highest BCUT2D eigenvalue weighted by molar-refractivity contribution is 5.93. The minimum Gasteiger partial charge on any atom is -0.452 e. The summed E-state index contributed by atoms with van der Waals surface area (Å²) >= 11 is 0. The molecule has 4 aliphatic carbocycles. The SMILES string of the molecule is C#CCOC(=O)CCC(C)[C@H]1CC[C@H]2[C@@H]3C(=O)C[C@@H]4CC(=O)CC[C@]4(C)[C@H]3CC(=O)[C@]12C. The van der Waals surface area contributed by atoms with Crippen molar-refractivity contribution in [3.8, 4) is 12.3 Å². The van der Waals surface area contributed by atoms with Gasteiger partial charge in [-0.3, -0.25) is 19.2 Å². The van der Waals surface area contributed by atoms with Crippen LogP contribution in [0.3, 0.4) is 0 Å². The predicted molar refractivity (Wildman–Crippen MR) is 119 cm³/mol. The van der Waals surface area contributed by atoms with Crippen molar-refractivity contribution in [1.82, 2.24) is 0 Å². The average Bonchev–Trinajstić information content (AvgIpc) is 3.11. The molecule has 0 spiro atoms. The van der Waals surface area contributed by atoms with Crippen molar-refractivity contribution >= 4 is 23.3 Å². The molecule has 4 saturated carbocycles. The fourth-order valence-electron chi connectivity index (χ4n) is 8.13. The van der Waals surface area contributed by atoms with Gasteiger partial charge in [0.1, 0.15) is 17.3 Å². The van der Waals surface area contributed by atoms with Crippen LogP contribution in [-0.4, -0.2) is 29.9 Å². The summed E-state index contributed by atoms with van der Waals surface area (Å²) in [6.45, 7) is 6.44. The van der Waals surface area contributed by atoms with E-state index in [-0.39, 0.29) is 65.1 Å². The van der Waals surface area contributed by atoms with Crippen LogP contribution in [0.4, 0.5) is 0 Å². The highest BCUT2D eigenvalue weighted by atomic mass is 16.5. The van der Waals surface area contributed by atoms with Crippen LogP contribution in [0.25, 0.3) is 0 Å². The number of carbonyl (C=O) groups excluding carboxylic acids is 4. The molecular weight excluding hydrogens is 404 g/mol. The van der Waals surface area contributed by atoms with Crippen molar-refractivity contribution in [2.24, 2.45) is 46.3 Å². The topological polar surface area (TPSA) is 77.5 Å². The van der Waals surface area contributed by atoms with Crippen molar-refractivity contribution < 1.29 is 23.9 Å². The number of fused-ring (bicyclic) bond motifs is 5. The average molecular weight is 441 g/mol. The lowest BCUT2D eigenvalue weighted by Crippen LogP contribution is -2.60. The molecule has 0 heterocycles. The highest BCUT2D eigenvalue weighted by Crippen LogP contribution is 2.66. The fourth-order valence-corrected chi connectivity index (χ4v) is 8.13. The largest absolute Gasteiger partial charge is 0.452 e. The Morgan fingerprint density at radius 3 is 2.62 bits per heavy atom. The maximum absolute atomic E-state index is 13.7. The van der Waals surface area contributed by atoms with Crippen LogP contribution in [0, 0.1) is 58.7 Å². The lowest BCUT2D eigenvalue weighted by Gasteiger charge is -2.58. The van der Waals surface area contributed by atoms with Gasteiger partial charge < -0.3 is 4.74 Å². The van der Waals surface area contributed by atoms with Gasteiger partial charge in [-0.2, -0.15) is 0 Å². The van der Waals surface area contributed by atoms with E-state index in [0.29, 0.717) is 44.3 Å². The van der Waals surface area contributed by atoms with Gasteiger partial charge in [-0.1, -0.05) is 26.7 Å². The Balaban J connectivity index is 1.54. The summed E-state index contributed by atoms with van der Waals surface area (Å²) in [5.74, 6) is 3.40. The number of rotatable bonds is 5. The number of hydrogen-bond donors (Lipinski definition) is 0. The van der Waals surface area contributed by atoms with Gasteiger partial charge in [0.05, 0.1) is 0 Å². The Hall–Kier alpha value is -1.96. The van der Waals surface area contributed by atoms with E-state index >= 15 is 0 Å². The predicted octanol–water partition coefficient (Wildman–Crippen LogP) is 4.17. The summed E-state index contributed by atoms with van der Waals surface area (Å²) in [7, 11) is 0. The van der Waals surface area contributed by atoms with Gasteiger partial charge in [0.25, 0.3) is 0 Å². The standard InChI is InChI=1S/C27H36O5/c1-5-12-32-24(31)9-6-16(2)19-7-8-20-25-21(15-23(30)27(19,20)4)26(3)11-10-18(28)13-17(26)14-22(25)29/h1,16-17,19-21,25H,6-15H2,2-4H3/t16?,17-,19+,20-,21-,25-,26-,27+/m0/s1. The second kappa shape index (κ2) is 8.43. The van der Waals surface area contributed by atoms with Crippen LogP contribution in [0.1, 0.15) is 78.6 Å². The third kappa shape index (κ3) is 3.55. The summed E-state index contributed by atoms with van der Waals surface area (Å²) in [6.07, 6.45) is 10.8. The van der Waals surface area contributed by atoms with Gasteiger partial charge in [0.15, 0.2) is 6.61 Å². The number of ether oxygens (including phenoxy) is 1. The van der Waals surface area contributed by atoms with E-state index in [0.717, 1.165) is 19.3 Å². The molecule has 0 aliphatic heterocycles. The monoisotopic (exact) mass is 440 g/mol. The number of terminal acetylenes is 1. The number of ketones is 3. The van der Waals surface area contributed by atoms with Crippen molar-refractivity contribution in [3.05, 3.63) is 0 Å². The van der Waals surface area contributed by atoms with Gasteiger partial charge in [0, 0.05) is 43.4 Å². The molecule has 5 nitrogen and oxygen atoms in total. The molecule has 0 bridgehead atoms. The van der Waals surface area contributed by atoms with E-state index in [1.807, 2.05) is 0 Å². The Labute approximate surface area is 191 Å². The number of Topliss-reactive ketones (excluding diaryl/α,β-unsaturated/α-hetero) is 3. The van der Waals surface area contributed by atoms with Crippen LogP contribution in [0.5, 0.6) is 0 Å². The third-order valence-electron chi connectivity index (χ3n) is 10.0. The second-order valence-electron chi connectivity index (χ2n) is 11.3. The van der Waals surface area contributed by atoms with Crippen molar-refractivity contribution in [3.63, 3.8) is 0 Å². The maximum atomic E-state index is 13.7. The van der Waals surface area contributed by atoms with Crippen molar-refractivity contribution in [2.45, 2.75) is 78.6 Å². The third-order valence-corrected chi connectivity index (χ3v) is 10.0. The van der Waals surface area contributed by atoms with Crippen LogP contribution in [0.2, 0.25) is 0 Å². The summed E-state index contributed by atoms with van der Waals surface area (Å²) in [6, 6.07) is 0. The van der Waals surface area contributed by atoms with E-state index < -0.39 is 5.41 Å². The Kier molecular flexibility index (Phi) is 6.11. The molecule has 8 atom stereocenters. The normalized spacial score (nSPS) is 41.8. The summed E-state index contributed by atoms with van der Waals surface area (Å²) in [5.41, 5.74) is -0.597. The van der Waals surface area contributed by atoms with E-state index in [4.69, 9.17) is 11.2 Å². The number of carbonyl (C=O) groups is 4. The molecule has 0 aromatic rings. The Morgan fingerprint density at radius 2 is 1.91 bits per heavy atom. The van der Waals surface area contributed by atoms with Gasteiger partial charge in [-0.15, -0.1) is 6.42 Å². The van der Waals surface area contributed by atoms with Crippen LogP contribution < -0.4 is 0 Å². The Morgan fingerprint density at radius 1 is 1.16 bits per heavy atom. The summed E-state index contributed by atoms with van der Waals surface area (Å²) < 4.78 is 5.00. The maximum Gasteiger partial charge on any atom is 0.306 e. The molecular formula is C27H36O5.